The van der Waals surface area contributed by atoms with Crippen molar-refractivity contribution in [2.75, 3.05) is 26.3 Å². The first-order valence-corrected chi connectivity index (χ1v) is 6.97. The number of nitrogens with one attached hydrogen (secondary N) is 1. The molecule has 2 aliphatic rings. The van der Waals surface area contributed by atoms with Crippen LogP contribution >= 0.6 is 0 Å². The Hall–Kier alpha value is -0.380. The molecule has 1 saturated heterocycles. The second-order valence-corrected chi connectivity index (χ2v) is 5.07. The lowest BCUT2D eigenvalue weighted by atomic mass is 9.97. The summed E-state index contributed by atoms with van der Waals surface area (Å²) in [7, 11) is 0. The Labute approximate surface area is 105 Å². The quantitative estimate of drug-likeness (QED) is 0.570. The molecule has 1 unspecified atom stereocenters. The Morgan fingerprint density at radius 3 is 2.82 bits per heavy atom. The molecule has 1 spiro atoms. The summed E-state index contributed by atoms with van der Waals surface area (Å²) in [6.07, 6.45) is 8.80. The third kappa shape index (κ3) is 3.30. The average Bonchev–Trinajstić information content (AvgIpc) is 2.73. The van der Waals surface area contributed by atoms with Gasteiger partial charge in [-0.05, 0) is 45.2 Å². The molecule has 1 N–H and O–H groups in total. The fourth-order valence-corrected chi connectivity index (χ4v) is 2.96. The van der Waals surface area contributed by atoms with Crippen LogP contribution in [0.15, 0.2) is 12.7 Å². The zero-order chi connectivity index (χ0) is 12.0. The fraction of sp³-hybridized carbons (Fsp3) is 0.857. The lowest BCUT2D eigenvalue weighted by Crippen LogP contribution is -2.44. The molecule has 1 saturated carbocycles. The van der Waals surface area contributed by atoms with E-state index in [2.05, 4.69) is 11.9 Å². The van der Waals surface area contributed by atoms with Crippen LogP contribution < -0.4 is 5.32 Å². The lowest BCUT2D eigenvalue weighted by Gasteiger charge is -2.38. The van der Waals surface area contributed by atoms with Gasteiger partial charge < -0.3 is 14.8 Å². The SMILES string of the molecule is C=CCCNCCC1CCCC12OCCCO2. The highest BCUT2D eigenvalue weighted by Gasteiger charge is 2.45. The van der Waals surface area contributed by atoms with E-state index in [4.69, 9.17) is 9.47 Å². The van der Waals surface area contributed by atoms with E-state index >= 15 is 0 Å². The summed E-state index contributed by atoms with van der Waals surface area (Å²) in [5.41, 5.74) is 0. The second kappa shape index (κ2) is 6.53. The van der Waals surface area contributed by atoms with Gasteiger partial charge in [-0.25, -0.2) is 0 Å². The predicted octanol–water partition coefficient (Wildman–Crippen LogP) is 2.48. The largest absolute Gasteiger partial charge is 0.350 e. The van der Waals surface area contributed by atoms with Gasteiger partial charge in [-0.15, -0.1) is 6.58 Å². The Morgan fingerprint density at radius 1 is 1.24 bits per heavy atom. The number of hydrogen-bond acceptors (Lipinski definition) is 3. The van der Waals surface area contributed by atoms with Crippen LogP contribution in [-0.2, 0) is 9.47 Å². The number of hydrogen-bond donors (Lipinski definition) is 1. The minimum absolute atomic E-state index is 0.224. The van der Waals surface area contributed by atoms with Gasteiger partial charge in [0, 0.05) is 12.3 Å². The summed E-state index contributed by atoms with van der Waals surface area (Å²) in [6.45, 7) is 7.57. The van der Waals surface area contributed by atoms with Crippen molar-refractivity contribution in [1.29, 1.82) is 0 Å². The molecule has 2 rings (SSSR count). The highest BCUT2D eigenvalue weighted by molar-refractivity contribution is 4.88. The van der Waals surface area contributed by atoms with Gasteiger partial charge in [0.05, 0.1) is 13.2 Å². The van der Waals surface area contributed by atoms with Gasteiger partial charge in [-0.1, -0.05) is 6.08 Å². The Kier molecular flexibility index (Phi) is 5.01. The first kappa shape index (κ1) is 13.1. The van der Waals surface area contributed by atoms with Crippen molar-refractivity contribution in [3.05, 3.63) is 12.7 Å². The molecule has 3 heteroatoms. The minimum atomic E-state index is -0.224. The summed E-state index contributed by atoms with van der Waals surface area (Å²) in [4.78, 5) is 0. The van der Waals surface area contributed by atoms with Crippen molar-refractivity contribution < 1.29 is 9.47 Å². The zero-order valence-electron chi connectivity index (χ0n) is 10.7. The van der Waals surface area contributed by atoms with Gasteiger partial charge in [-0.2, -0.15) is 0 Å². The smallest absolute Gasteiger partial charge is 0.171 e. The molecule has 98 valence electrons. The highest BCUT2D eigenvalue weighted by atomic mass is 16.7. The molecular weight excluding hydrogens is 214 g/mol. The Morgan fingerprint density at radius 2 is 2.06 bits per heavy atom. The zero-order valence-corrected chi connectivity index (χ0v) is 10.7. The topological polar surface area (TPSA) is 30.5 Å². The summed E-state index contributed by atoms with van der Waals surface area (Å²) < 4.78 is 11.9. The van der Waals surface area contributed by atoms with Crippen molar-refractivity contribution in [3.8, 4) is 0 Å². The molecule has 1 heterocycles. The van der Waals surface area contributed by atoms with Crippen LogP contribution in [0, 0.1) is 5.92 Å². The third-order valence-corrected chi connectivity index (χ3v) is 3.88. The van der Waals surface area contributed by atoms with Crippen molar-refractivity contribution >= 4 is 0 Å². The molecule has 0 aromatic rings. The van der Waals surface area contributed by atoms with Crippen LogP contribution in [0.5, 0.6) is 0 Å². The van der Waals surface area contributed by atoms with Gasteiger partial charge >= 0.3 is 0 Å². The first-order valence-electron chi connectivity index (χ1n) is 6.97. The van der Waals surface area contributed by atoms with Gasteiger partial charge in [0.1, 0.15) is 0 Å². The van der Waals surface area contributed by atoms with Gasteiger partial charge in [-0.3, -0.25) is 0 Å². The predicted molar refractivity (Wildman–Crippen MR) is 68.9 cm³/mol. The number of rotatable bonds is 6. The van der Waals surface area contributed by atoms with E-state index in [1.807, 2.05) is 6.08 Å². The molecule has 17 heavy (non-hydrogen) atoms. The number of ether oxygens (including phenoxy) is 2. The molecule has 1 atom stereocenters. The van der Waals surface area contributed by atoms with Gasteiger partial charge in [0.2, 0.25) is 0 Å². The molecule has 3 nitrogen and oxygen atoms in total. The van der Waals surface area contributed by atoms with Crippen LogP contribution in [0.1, 0.15) is 38.5 Å². The van der Waals surface area contributed by atoms with Crippen molar-refractivity contribution in [2.45, 2.75) is 44.3 Å². The van der Waals surface area contributed by atoms with Crippen LogP contribution in [-0.4, -0.2) is 32.1 Å². The Balaban J connectivity index is 1.73. The average molecular weight is 239 g/mol. The summed E-state index contributed by atoms with van der Waals surface area (Å²) in [6, 6.07) is 0. The molecule has 0 aromatic heterocycles. The second-order valence-electron chi connectivity index (χ2n) is 5.07. The van der Waals surface area contributed by atoms with E-state index in [0.717, 1.165) is 52.0 Å². The molecular formula is C14H25NO2. The van der Waals surface area contributed by atoms with E-state index in [1.54, 1.807) is 0 Å². The Bertz CT molecular complexity index is 236. The minimum Gasteiger partial charge on any atom is -0.350 e. The van der Waals surface area contributed by atoms with E-state index in [0.29, 0.717) is 5.92 Å². The standard InChI is InChI=1S/C14H25NO2/c1-2-3-9-15-10-7-13-6-4-8-14(13)16-11-5-12-17-14/h2,13,15H,1,3-12H2. The maximum absolute atomic E-state index is 5.95. The maximum atomic E-state index is 5.95. The highest BCUT2D eigenvalue weighted by Crippen LogP contribution is 2.43. The van der Waals surface area contributed by atoms with E-state index in [-0.39, 0.29) is 5.79 Å². The van der Waals surface area contributed by atoms with Crippen LogP contribution in [0.3, 0.4) is 0 Å². The summed E-state index contributed by atoms with van der Waals surface area (Å²) in [5, 5.41) is 3.45. The molecule has 1 aliphatic carbocycles. The fourth-order valence-electron chi connectivity index (χ4n) is 2.96. The first-order chi connectivity index (χ1) is 8.37. The van der Waals surface area contributed by atoms with Crippen LogP contribution in [0.4, 0.5) is 0 Å². The van der Waals surface area contributed by atoms with Gasteiger partial charge in [0.25, 0.3) is 0 Å². The molecule has 0 bridgehead atoms. The summed E-state index contributed by atoms with van der Waals surface area (Å²) >= 11 is 0. The van der Waals surface area contributed by atoms with E-state index < -0.39 is 0 Å². The van der Waals surface area contributed by atoms with Crippen molar-refractivity contribution in [1.82, 2.24) is 5.32 Å². The lowest BCUT2D eigenvalue weighted by molar-refractivity contribution is -0.284. The summed E-state index contributed by atoms with van der Waals surface area (Å²) in [5.74, 6) is 0.359. The van der Waals surface area contributed by atoms with E-state index in [1.165, 1.54) is 12.8 Å². The normalized spacial score (nSPS) is 27.4. The van der Waals surface area contributed by atoms with Gasteiger partial charge in [0.15, 0.2) is 5.79 Å². The van der Waals surface area contributed by atoms with Crippen molar-refractivity contribution in [3.63, 3.8) is 0 Å². The third-order valence-electron chi connectivity index (χ3n) is 3.88. The molecule has 1 aliphatic heterocycles. The monoisotopic (exact) mass is 239 g/mol. The molecule has 0 amide bonds. The molecule has 0 radical (unpaired) electrons. The van der Waals surface area contributed by atoms with Crippen LogP contribution in [0.2, 0.25) is 0 Å². The maximum Gasteiger partial charge on any atom is 0.171 e. The molecule has 0 aromatic carbocycles. The van der Waals surface area contributed by atoms with Crippen molar-refractivity contribution in [2.24, 2.45) is 5.92 Å². The van der Waals surface area contributed by atoms with Crippen LogP contribution in [0.25, 0.3) is 0 Å². The molecule has 2 fully saturated rings. The van der Waals surface area contributed by atoms with E-state index in [9.17, 15) is 0 Å².